The zero-order valence-corrected chi connectivity index (χ0v) is 10.6. The van der Waals surface area contributed by atoms with Crippen molar-refractivity contribution in [2.24, 2.45) is 12.0 Å². The summed E-state index contributed by atoms with van der Waals surface area (Å²) in [5.41, 5.74) is 0. The van der Waals surface area contributed by atoms with Gasteiger partial charge in [0, 0.05) is 37.7 Å². The molecule has 1 aromatic rings. The lowest BCUT2D eigenvalue weighted by Gasteiger charge is -2.06. The number of nitrogens with zero attached hydrogens (tertiary/aromatic N) is 3. The second-order valence-electron chi connectivity index (χ2n) is 3.93. The molecule has 0 saturated carbocycles. The number of thioether (sulfide) groups is 1. The Morgan fingerprint density at radius 3 is 3.12 bits per heavy atom. The largest absolute Gasteiger partial charge is 0.364 e. The Morgan fingerprint density at radius 1 is 1.62 bits per heavy atom. The lowest BCUT2D eigenvalue weighted by atomic mass is 10.3. The summed E-state index contributed by atoms with van der Waals surface area (Å²) >= 11 is 1.86. The zero-order valence-electron chi connectivity index (χ0n) is 9.81. The molecule has 0 fully saturated rings. The fraction of sp³-hybridized carbons (Fsp3) is 0.636. The van der Waals surface area contributed by atoms with Crippen LogP contribution in [0.25, 0.3) is 0 Å². The van der Waals surface area contributed by atoms with E-state index in [2.05, 4.69) is 26.8 Å². The van der Waals surface area contributed by atoms with Crippen LogP contribution in [-0.2, 0) is 13.5 Å². The van der Waals surface area contributed by atoms with Gasteiger partial charge in [0.25, 0.3) is 0 Å². The third kappa shape index (κ3) is 2.78. The smallest absolute Gasteiger partial charge is 0.156 e. The summed E-state index contributed by atoms with van der Waals surface area (Å²) in [4.78, 5) is 8.76. The lowest BCUT2D eigenvalue weighted by Crippen LogP contribution is -2.23. The molecule has 0 aromatic carbocycles. The highest BCUT2D eigenvalue weighted by Gasteiger charge is 2.16. The fourth-order valence-electron chi connectivity index (χ4n) is 1.65. The molecule has 1 aliphatic heterocycles. The Balaban J connectivity index is 1.71. The van der Waals surface area contributed by atoms with Crippen LogP contribution in [0.4, 0.5) is 0 Å². The van der Waals surface area contributed by atoms with E-state index in [4.69, 9.17) is 0 Å². The first kappa shape index (κ1) is 11.5. The van der Waals surface area contributed by atoms with Crippen molar-refractivity contribution in [3.05, 3.63) is 18.2 Å². The summed E-state index contributed by atoms with van der Waals surface area (Å²) in [6.45, 7) is 4.09. The normalized spacial score (nSPS) is 19.9. The molecule has 0 saturated heterocycles. The molecule has 4 nitrogen and oxygen atoms in total. The van der Waals surface area contributed by atoms with Crippen molar-refractivity contribution in [2.45, 2.75) is 25.0 Å². The molecular weight excluding hydrogens is 220 g/mol. The monoisotopic (exact) mass is 238 g/mol. The number of rotatable bonds is 4. The molecule has 2 heterocycles. The van der Waals surface area contributed by atoms with E-state index in [-0.39, 0.29) is 0 Å². The van der Waals surface area contributed by atoms with Gasteiger partial charge in [0.1, 0.15) is 5.82 Å². The molecule has 1 atom stereocenters. The van der Waals surface area contributed by atoms with Crippen molar-refractivity contribution >= 4 is 16.9 Å². The number of aryl methyl sites for hydroxylation is 1. The van der Waals surface area contributed by atoms with E-state index in [9.17, 15) is 0 Å². The van der Waals surface area contributed by atoms with E-state index < -0.39 is 0 Å². The number of imidazole rings is 1. The Labute approximate surface area is 101 Å². The number of amidine groups is 1. The van der Waals surface area contributed by atoms with Crippen LogP contribution >= 0.6 is 11.8 Å². The van der Waals surface area contributed by atoms with Crippen molar-refractivity contribution in [3.8, 4) is 0 Å². The first-order valence-electron chi connectivity index (χ1n) is 5.70. The van der Waals surface area contributed by atoms with E-state index in [0.717, 1.165) is 30.5 Å². The molecule has 1 aromatic heterocycles. The van der Waals surface area contributed by atoms with E-state index >= 15 is 0 Å². The average Bonchev–Trinajstić information content (AvgIpc) is 2.89. The minimum absolute atomic E-state index is 0.677. The van der Waals surface area contributed by atoms with Crippen molar-refractivity contribution in [3.63, 3.8) is 0 Å². The van der Waals surface area contributed by atoms with Crippen molar-refractivity contribution in [1.29, 1.82) is 0 Å². The highest BCUT2D eigenvalue weighted by Crippen LogP contribution is 2.21. The summed E-state index contributed by atoms with van der Waals surface area (Å²) in [5.74, 6) is 1.11. The molecule has 16 heavy (non-hydrogen) atoms. The summed E-state index contributed by atoms with van der Waals surface area (Å²) in [6.07, 6.45) is 5.95. The predicted molar refractivity (Wildman–Crippen MR) is 68.9 cm³/mol. The molecular formula is C11H18N4S. The maximum atomic E-state index is 4.47. The van der Waals surface area contributed by atoms with E-state index in [1.165, 1.54) is 6.42 Å². The van der Waals surface area contributed by atoms with Crippen LogP contribution in [0.1, 0.15) is 19.2 Å². The van der Waals surface area contributed by atoms with Crippen LogP contribution in [0.5, 0.6) is 0 Å². The maximum absolute atomic E-state index is 4.47. The third-order valence-electron chi connectivity index (χ3n) is 2.72. The van der Waals surface area contributed by atoms with E-state index in [1.807, 2.05) is 31.2 Å². The molecule has 0 spiro atoms. The summed E-state index contributed by atoms with van der Waals surface area (Å²) in [6, 6.07) is 0. The first-order valence-corrected chi connectivity index (χ1v) is 6.58. The molecule has 88 valence electrons. The number of hydrogen-bond acceptors (Lipinski definition) is 4. The second kappa shape index (κ2) is 5.39. The number of aliphatic imine (C=N–C) groups is 1. The fourth-order valence-corrected chi connectivity index (χ4v) is 2.61. The summed E-state index contributed by atoms with van der Waals surface area (Å²) < 4.78 is 2.06. The molecule has 1 aliphatic rings. The molecule has 0 amide bonds. The first-order chi connectivity index (χ1) is 7.79. The molecule has 0 radical (unpaired) electrons. The molecule has 0 bridgehead atoms. The topological polar surface area (TPSA) is 42.2 Å². The molecule has 5 heteroatoms. The number of hydrogen-bond donors (Lipinski definition) is 1. The minimum Gasteiger partial charge on any atom is -0.364 e. The van der Waals surface area contributed by atoms with Crippen LogP contribution in [0.15, 0.2) is 17.4 Å². The summed E-state index contributed by atoms with van der Waals surface area (Å²) in [5, 5.41) is 5.15. The van der Waals surface area contributed by atoms with Gasteiger partial charge in [-0.1, -0.05) is 18.7 Å². The Morgan fingerprint density at radius 2 is 2.50 bits per heavy atom. The Kier molecular flexibility index (Phi) is 3.88. The molecule has 1 N–H and O–H groups in total. The van der Waals surface area contributed by atoms with Gasteiger partial charge >= 0.3 is 0 Å². The van der Waals surface area contributed by atoms with Gasteiger partial charge in [0.15, 0.2) is 5.17 Å². The Hall–Kier alpha value is -0.970. The molecule has 1 unspecified atom stereocenters. The van der Waals surface area contributed by atoms with Crippen LogP contribution < -0.4 is 5.32 Å². The highest BCUT2D eigenvalue weighted by atomic mass is 32.2. The van der Waals surface area contributed by atoms with Gasteiger partial charge in [-0.25, -0.2) is 4.98 Å². The molecule has 2 rings (SSSR count). The van der Waals surface area contributed by atoms with Gasteiger partial charge in [-0.15, -0.1) is 0 Å². The number of nitrogens with one attached hydrogen (secondary N) is 1. The predicted octanol–water partition coefficient (Wildman–Crippen LogP) is 1.43. The van der Waals surface area contributed by atoms with Crippen LogP contribution in [0.3, 0.4) is 0 Å². The lowest BCUT2D eigenvalue weighted by molar-refractivity contribution is 0.751. The van der Waals surface area contributed by atoms with E-state index in [0.29, 0.717) is 5.25 Å². The van der Waals surface area contributed by atoms with Crippen LogP contribution in [0, 0.1) is 0 Å². The van der Waals surface area contributed by atoms with Gasteiger partial charge in [-0.3, -0.25) is 4.99 Å². The van der Waals surface area contributed by atoms with Gasteiger partial charge < -0.3 is 9.88 Å². The maximum Gasteiger partial charge on any atom is 0.156 e. The van der Waals surface area contributed by atoms with Gasteiger partial charge in [0.2, 0.25) is 0 Å². The van der Waals surface area contributed by atoms with Gasteiger partial charge in [-0.2, -0.15) is 0 Å². The quantitative estimate of drug-likeness (QED) is 0.863. The minimum atomic E-state index is 0.677. The Bertz CT molecular complexity index is 372. The SMILES string of the molecule is CCC1CN=C(NCCc2nccn2C)S1. The van der Waals surface area contributed by atoms with Crippen molar-refractivity contribution in [2.75, 3.05) is 13.1 Å². The van der Waals surface area contributed by atoms with Crippen molar-refractivity contribution < 1.29 is 0 Å². The molecule has 0 aliphatic carbocycles. The summed E-state index contributed by atoms with van der Waals surface area (Å²) in [7, 11) is 2.03. The van der Waals surface area contributed by atoms with Crippen LogP contribution in [-0.4, -0.2) is 33.1 Å². The third-order valence-corrected chi connectivity index (χ3v) is 4.03. The zero-order chi connectivity index (χ0) is 11.4. The van der Waals surface area contributed by atoms with Crippen molar-refractivity contribution in [1.82, 2.24) is 14.9 Å². The highest BCUT2D eigenvalue weighted by molar-refractivity contribution is 8.14. The van der Waals surface area contributed by atoms with Gasteiger partial charge in [0.05, 0.1) is 6.54 Å². The van der Waals surface area contributed by atoms with Crippen LogP contribution in [0.2, 0.25) is 0 Å². The second-order valence-corrected chi connectivity index (χ2v) is 5.21. The number of aromatic nitrogens is 2. The average molecular weight is 238 g/mol. The standard InChI is InChI=1S/C11H18N4S/c1-3-9-8-14-11(16-9)13-5-4-10-12-6-7-15(10)2/h6-7,9H,3-5,8H2,1-2H3,(H,13,14). The van der Waals surface area contributed by atoms with E-state index in [1.54, 1.807) is 0 Å². The van der Waals surface area contributed by atoms with Gasteiger partial charge in [-0.05, 0) is 6.42 Å².